The lowest BCUT2D eigenvalue weighted by molar-refractivity contribution is -0.131. The molecule has 2 N–H and O–H groups in total. The summed E-state index contributed by atoms with van der Waals surface area (Å²) in [4.78, 5) is 25.8. The molecule has 0 aliphatic carbocycles. The number of carbonyl (C=O) groups excluding carboxylic acids is 2. The van der Waals surface area contributed by atoms with E-state index in [1.807, 2.05) is 13.8 Å². The summed E-state index contributed by atoms with van der Waals surface area (Å²) in [6.45, 7) is 9.44. The van der Waals surface area contributed by atoms with Gasteiger partial charge in [-0.2, -0.15) is 0 Å². The average molecular weight is 286 g/mol. The number of ether oxygens (including phenoxy) is 1. The monoisotopic (exact) mass is 286 g/mol. The van der Waals surface area contributed by atoms with Crippen LogP contribution in [0, 0.1) is 5.92 Å². The van der Waals surface area contributed by atoms with Crippen LogP contribution in [0.4, 0.5) is 4.79 Å². The first-order valence-corrected chi connectivity index (χ1v) is 7.05. The predicted molar refractivity (Wildman–Crippen MR) is 75.2 cm³/mol. The molecular formula is C14H26N2O4. The van der Waals surface area contributed by atoms with Crippen LogP contribution in [0.3, 0.4) is 0 Å². The van der Waals surface area contributed by atoms with Crippen LogP contribution in [0.15, 0.2) is 0 Å². The minimum Gasteiger partial charge on any atom is -0.444 e. The van der Waals surface area contributed by atoms with E-state index in [4.69, 9.17) is 4.74 Å². The second kappa shape index (κ2) is 6.43. The maximum absolute atomic E-state index is 12.3. The van der Waals surface area contributed by atoms with Crippen LogP contribution >= 0.6 is 0 Å². The number of amides is 2. The number of piperazine rings is 1. The molecule has 0 spiro atoms. The zero-order chi connectivity index (χ0) is 15.5. The minimum absolute atomic E-state index is 0.195. The third-order valence-electron chi connectivity index (χ3n) is 2.99. The van der Waals surface area contributed by atoms with E-state index < -0.39 is 23.8 Å². The van der Waals surface area contributed by atoms with Crippen molar-refractivity contribution < 1.29 is 19.4 Å². The highest BCUT2D eigenvalue weighted by Gasteiger charge is 2.39. The maximum Gasteiger partial charge on any atom is 0.411 e. The van der Waals surface area contributed by atoms with E-state index in [1.165, 1.54) is 4.90 Å². The van der Waals surface area contributed by atoms with E-state index in [9.17, 15) is 14.7 Å². The van der Waals surface area contributed by atoms with Gasteiger partial charge in [0.15, 0.2) is 0 Å². The highest BCUT2D eigenvalue weighted by molar-refractivity contribution is 5.87. The summed E-state index contributed by atoms with van der Waals surface area (Å²) in [5.74, 6) is 0.0521. The third kappa shape index (κ3) is 4.67. The van der Waals surface area contributed by atoms with Crippen LogP contribution in [0.2, 0.25) is 0 Å². The van der Waals surface area contributed by atoms with Gasteiger partial charge in [0, 0.05) is 6.54 Å². The molecule has 6 heteroatoms. The normalized spacial score (nSPS) is 23.8. The van der Waals surface area contributed by atoms with Gasteiger partial charge in [0.25, 0.3) is 0 Å². The first kappa shape index (κ1) is 16.8. The number of rotatable bonds is 3. The number of nitrogens with zero attached hydrogens (tertiary/aromatic N) is 1. The summed E-state index contributed by atoms with van der Waals surface area (Å²) in [7, 11) is 0. The lowest BCUT2D eigenvalue weighted by atomic mass is 9.99. The molecule has 0 radical (unpaired) electrons. The minimum atomic E-state index is -0.609. The summed E-state index contributed by atoms with van der Waals surface area (Å²) < 4.78 is 5.36. The van der Waals surface area contributed by atoms with Crippen molar-refractivity contribution in [2.45, 2.75) is 58.7 Å². The van der Waals surface area contributed by atoms with Crippen LogP contribution in [0.1, 0.15) is 41.0 Å². The largest absolute Gasteiger partial charge is 0.444 e. The number of hydrogen-bond acceptors (Lipinski definition) is 4. The Kier molecular flexibility index (Phi) is 5.39. The third-order valence-corrected chi connectivity index (χ3v) is 2.99. The lowest BCUT2D eigenvalue weighted by Gasteiger charge is -2.39. The Hall–Kier alpha value is -1.30. The van der Waals surface area contributed by atoms with Gasteiger partial charge in [-0.05, 0) is 33.1 Å². The van der Waals surface area contributed by atoms with Gasteiger partial charge in [0.1, 0.15) is 11.6 Å². The molecule has 1 saturated heterocycles. The topological polar surface area (TPSA) is 78.9 Å². The number of nitrogens with one attached hydrogen (secondary N) is 1. The first-order valence-electron chi connectivity index (χ1n) is 7.05. The molecule has 1 aliphatic heterocycles. The quantitative estimate of drug-likeness (QED) is 0.815. The Morgan fingerprint density at radius 1 is 1.50 bits per heavy atom. The van der Waals surface area contributed by atoms with Gasteiger partial charge in [-0.15, -0.1) is 0 Å². The van der Waals surface area contributed by atoms with E-state index in [2.05, 4.69) is 5.32 Å². The van der Waals surface area contributed by atoms with Crippen LogP contribution in [0.5, 0.6) is 0 Å². The highest BCUT2D eigenvalue weighted by atomic mass is 16.6. The number of carbonyl (C=O) groups is 2. The van der Waals surface area contributed by atoms with Crippen LogP contribution < -0.4 is 5.32 Å². The fraction of sp³-hybridized carbons (Fsp3) is 0.857. The van der Waals surface area contributed by atoms with Crippen molar-refractivity contribution in [1.82, 2.24) is 10.2 Å². The van der Waals surface area contributed by atoms with E-state index in [1.54, 1.807) is 20.8 Å². The molecule has 0 aromatic heterocycles. The van der Waals surface area contributed by atoms with Crippen LogP contribution in [-0.2, 0) is 9.53 Å². The molecule has 0 aromatic rings. The SMILES string of the molecule is CC(C)CC1C(=O)NC(CO)CN1C(=O)OC(C)(C)C. The van der Waals surface area contributed by atoms with Gasteiger partial charge in [0.05, 0.1) is 12.6 Å². The summed E-state index contributed by atoms with van der Waals surface area (Å²) in [6.07, 6.45) is 0.0694. The molecule has 1 fully saturated rings. The van der Waals surface area contributed by atoms with Crippen molar-refractivity contribution in [1.29, 1.82) is 0 Å². The van der Waals surface area contributed by atoms with Crippen molar-refractivity contribution in [3.63, 3.8) is 0 Å². The fourth-order valence-electron chi connectivity index (χ4n) is 2.16. The Balaban J connectivity index is 2.88. The van der Waals surface area contributed by atoms with E-state index in [0.717, 1.165) is 0 Å². The van der Waals surface area contributed by atoms with E-state index in [-0.39, 0.29) is 25.0 Å². The second-order valence-electron chi connectivity index (χ2n) is 6.67. The predicted octanol–water partition coefficient (Wildman–Crippen LogP) is 1.13. The molecule has 1 aliphatic rings. The molecule has 20 heavy (non-hydrogen) atoms. The summed E-state index contributed by atoms with van der Waals surface area (Å²) in [5, 5.41) is 11.9. The molecule has 1 rings (SSSR count). The Labute approximate surface area is 120 Å². The highest BCUT2D eigenvalue weighted by Crippen LogP contribution is 2.20. The van der Waals surface area contributed by atoms with Gasteiger partial charge in [-0.25, -0.2) is 4.79 Å². The lowest BCUT2D eigenvalue weighted by Crippen LogP contribution is -2.63. The molecule has 6 nitrogen and oxygen atoms in total. The molecule has 2 amide bonds. The number of aliphatic hydroxyl groups is 1. The Morgan fingerprint density at radius 2 is 2.10 bits per heavy atom. The van der Waals surface area contributed by atoms with Crippen molar-refractivity contribution in [2.24, 2.45) is 5.92 Å². The Morgan fingerprint density at radius 3 is 2.55 bits per heavy atom. The second-order valence-corrected chi connectivity index (χ2v) is 6.67. The number of aliphatic hydroxyl groups excluding tert-OH is 1. The fourth-order valence-corrected chi connectivity index (χ4v) is 2.16. The molecular weight excluding hydrogens is 260 g/mol. The van der Waals surface area contributed by atoms with Gasteiger partial charge in [0.2, 0.25) is 5.91 Å². The summed E-state index contributed by atoms with van der Waals surface area (Å²) >= 11 is 0. The zero-order valence-corrected chi connectivity index (χ0v) is 13.0. The van der Waals surface area contributed by atoms with Gasteiger partial charge in [-0.1, -0.05) is 13.8 Å². The molecule has 0 aromatic carbocycles. The van der Waals surface area contributed by atoms with Crippen LogP contribution in [-0.4, -0.2) is 52.8 Å². The van der Waals surface area contributed by atoms with Crippen molar-refractivity contribution in [2.75, 3.05) is 13.2 Å². The Bertz CT molecular complexity index is 363. The van der Waals surface area contributed by atoms with Crippen molar-refractivity contribution in [3.8, 4) is 0 Å². The average Bonchev–Trinajstić information content (AvgIpc) is 2.28. The molecule has 116 valence electrons. The molecule has 0 saturated carbocycles. The zero-order valence-electron chi connectivity index (χ0n) is 13.0. The smallest absolute Gasteiger partial charge is 0.411 e. The van der Waals surface area contributed by atoms with Gasteiger partial charge >= 0.3 is 6.09 Å². The summed E-state index contributed by atoms with van der Waals surface area (Å²) in [6, 6.07) is -0.967. The molecule has 2 atom stereocenters. The standard InChI is InChI=1S/C14H26N2O4/c1-9(2)6-11-12(18)15-10(8-17)7-16(11)13(19)20-14(3,4)5/h9-11,17H,6-8H2,1-5H3,(H,15,18). The molecule has 0 bridgehead atoms. The van der Waals surface area contributed by atoms with Gasteiger partial charge < -0.3 is 15.2 Å². The summed E-state index contributed by atoms with van der Waals surface area (Å²) in [5.41, 5.74) is -0.609. The van der Waals surface area contributed by atoms with Gasteiger partial charge in [-0.3, -0.25) is 9.69 Å². The van der Waals surface area contributed by atoms with Crippen molar-refractivity contribution >= 4 is 12.0 Å². The van der Waals surface area contributed by atoms with Crippen molar-refractivity contribution in [3.05, 3.63) is 0 Å². The maximum atomic E-state index is 12.3. The first-order chi connectivity index (χ1) is 9.14. The molecule has 1 heterocycles. The van der Waals surface area contributed by atoms with E-state index in [0.29, 0.717) is 6.42 Å². The molecule has 2 unspecified atom stereocenters. The van der Waals surface area contributed by atoms with E-state index >= 15 is 0 Å². The number of hydrogen-bond donors (Lipinski definition) is 2. The van der Waals surface area contributed by atoms with Crippen LogP contribution in [0.25, 0.3) is 0 Å².